The molecule has 1 aromatic rings. The molecule has 5 heteroatoms. The van der Waals surface area contributed by atoms with Crippen molar-refractivity contribution in [2.45, 2.75) is 18.8 Å². The Hall–Kier alpha value is -0.420. The van der Waals surface area contributed by atoms with E-state index < -0.39 is 0 Å². The lowest BCUT2D eigenvalue weighted by Crippen LogP contribution is -2.15. The molecule has 0 amide bonds. The van der Waals surface area contributed by atoms with E-state index in [1.165, 1.54) is 0 Å². The van der Waals surface area contributed by atoms with Gasteiger partial charge < -0.3 is 9.15 Å². The standard InChI is InChI=1S/C7H9BrN2O2/c8-7-10-9-6(12-7)5-2-1-3-11-4-5/h5H,1-4H2. The Kier molecular flexibility index (Phi) is 2.41. The van der Waals surface area contributed by atoms with Gasteiger partial charge in [-0.25, -0.2) is 0 Å². The van der Waals surface area contributed by atoms with Crippen molar-refractivity contribution in [2.75, 3.05) is 13.2 Å². The lowest BCUT2D eigenvalue weighted by atomic mass is 10.0. The van der Waals surface area contributed by atoms with Gasteiger partial charge in [-0.15, -0.1) is 10.2 Å². The molecule has 0 aliphatic carbocycles. The molecular formula is C7H9BrN2O2. The molecule has 2 heterocycles. The maximum Gasteiger partial charge on any atom is 0.284 e. The first-order chi connectivity index (χ1) is 5.86. The van der Waals surface area contributed by atoms with Crippen molar-refractivity contribution in [1.82, 2.24) is 10.2 Å². The third-order valence-electron chi connectivity index (χ3n) is 1.93. The zero-order chi connectivity index (χ0) is 8.39. The summed E-state index contributed by atoms with van der Waals surface area (Å²) in [6.07, 6.45) is 2.15. The Labute approximate surface area is 78.4 Å². The SMILES string of the molecule is Brc1nnc(C2CCCOC2)o1. The molecule has 1 saturated heterocycles. The minimum absolute atomic E-state index is 0.289. The van der Waals surface area contributed by atoms with Crippen LogP contribution in [0.15, 0.2) is 9.22 Å². The lowest BCUT2D eigenvalue weighted by molar-refractivity contribution is 0.0722. The van der Waals surface area contributed by atoms with Crippen LogP contribution in [0.25, 0.3) is 0 Å². The van der Waals surface area contributed by atoms with E-state index in [-0.39, 0.29) is 5.92 Å². The summed E-state index contributed by atoms with van der Waals surface area (Å²) < 4.78 is 10.5. The van der Waals surface area contributed by atoms with Crippen molar-refractivity contribution in [3.63, 3.8) is 0 Å². The fourth-order valence-corrected chi connectivity index (χ4v) is 1.56. The van der Waals surface area contributed by atoms with Crippen molar-refractivity contribution >= 4 is 15.9 Å². The second-order valence-electron chi connectivity index (χ2n) is 2.81. The first-order valence-electron chi connectivity index (χ1n) is 3.93. The number of hydrogen-bond acceptors (Lipinski definition) is 4. The average Bonchev–Trinajstić information content (AvgIpc) is 2.54. The molecular weight excluding hydrogens is 224 g/mol. The Balaban J connectivity index is 2.08. The molecule has 66 valence electrons. The molecule has 1 unspecified atom stereocenters. The molecule has 1 atom stereocenters. The highest BCUT2D eigenvalue weighted by Crippen LogP contribution is 2.24. The van der Waals surface area contributed by atoms with Gasteiger partial charge in [0, 0.05) is 22.5 Å². The highest BCUT2D eigenvalue weighted by atomic mass is 79.9. The third kappa shape index (κ3) is 1.67. The van der Waals surface area contributed by atoms with E-state index in [0.717, 1.165) is 19.4 Å². The predicted octanol–water partition coefficient (Wildman–Crippen LogP) is 1.73. The second kappa shape index (κ2) is 3.53. The molecule has 0 aromatic carbocycles. The zero-order valence-corrected chi connectivity index (χ0v) is 8.08. The van der Waals surface area contributed by atoms with E-state index in [1.54, 1.807) is 0 Å². The topological polar surface area (TPSA) is 48.2 Å². The molecule has 0 saturated carbocycles. The molecule has 0 radical (unpaired) electrons. The molecule has 0 bridgehead atoms. The Morgan fingerprint density at radius 2 is 2.33 bits per heavy atom. The summed E-state index contributed by atoms with van der Waals surface area (Å²) in [4.78, 5) is 0.447. The molecule has 1 aliphatic rings. The summed E-state index contributed by atoms with van der Waals surface area (Å²) in [5.41, 5.74) is 0. The fraction of sp³-hybridized carbons (Fsp3) is 0.714. The number of rotatable bonds is 1. The lowest BCUT2D eigenvalue weighted by Gasteiger charge is -2.18. The monoisotopic (exact) mass is 232 g/mol. The van der Waals surface area contributed by atoms with Crippen LogP contribution in [-0.2, 0) is 4.74 Å². The summed E-state index contributed by atoms with van der Waals surface area (Å²) in [5.74, 6) is 0.971. The minimum atomic E-state index is 0.289. The van der Waals surface area contributed by atoms with E-state index in [1.807, 2.05) is 0 Å². The van der Waals surface area contributed by atoms with Crippen molar-refractivity contribution < 1.29 is 9.15 Å². The smallest absolute Gasteiger partial charge is 0.284 e. The fourth-order valence-electron chi connectivity index (χ4n) is 1.32. The van der Waals surface area contributed by atoms with Crippen LogP contribution in [-0.4, -0.2) is 23.4 Å². The van der Waals surface area contributed by atoms with Gasteiger partial charge in [0.05, 0.1) is 12.5 Å². The van der Waals surface area contributed by atoms with Crippen LogP contribution in [0.2, 0.25) is 0 Å². The predicted molar refractivity (Wildman–Crippen MR) is 44.8 cm³/mol. The second-order valence-corrected chi connectivity index (χ2v) is 3.49. The molecule has 0 N–H and O–H groups in total. The first kappa shape index (κ1) is 8.19. The van der Waals surface area contributed by atoms with Gasteiger partial charge in [0.1, 0.15) is 0 Å². The van der Waals surface area contributed by atoms with Crippen LogP contribution >= 0.6 is 15.9 Å². The number of halogens is 1. The minimum Gasteiger partial charge on any atom is -0.415 e. The summed E-state index contributed by atoms with van der Waals surface area (Å²) in [5, 5.41) is 7.63. The normalized spacial score (nSPS) is 24.2. The zero-order valence-electron chi connectivity index (χ0n) is 6.49. The Bertz CT molecular complexity index is 258. The van der Waals surface area contributed by atoms with Crippen LogP contribution in [0.5, 0.6) is 0 Å². The maximum atomic E-state index is 5.30. The van der Waals surface area contributed by atoms with Crippen LogP contribution < -0.4 is 0 Å². The van der Waals surface area contributed by atoms with Gasteiger partial charge in [0.25, 0.3) is 4.80 Å². The van der Waals surface area contributed by atoms with E-state index in [2.05, 4.69) is 26.1 Å². The van der Waals surface area contributed by atoms with E-state index in [9.17, 15) is 0 Å². The van der Waals surface area contributed by atoms with Gasteiger partial charge in [-0.05, 0) is 12.8 Å². The highest BCUT2D eigenvalue weighted by molar-refractivity contribution is 9.10. The van der Waals surface area contributed by atoms with Gasteiger partial charge in [-0.2, -0.15) is 0 Å². The molecule has 1 fully saturated rings. The van der Waals surface area contributed by atoms with Crippen molar-refractivity contribution in [2.24, 2.45) is 0 Å². The molecule has 4 nitrogen and oxygen atoms in total. The van der Waals surface area contributed by atoms with Crippen molar-refractivity contribution in [3.8, 4) is 0 Å². The average molecular weight is 233 g/mol. The third-order valence-corrected chi connectivity index (χ3v) is 2.25. The van der Waals surface area contributed by atoms with E-state index in [4.69, 9.17) is 9.15 Å². The molecule has 12 heavy (non-hydrogen) atoms. The van der Waals surface area contributed by atoms with Crippen LogP contribution in [0, 0.1) is 0 Å². The molecule has 1 aromatic heterocycles. The molecule has 2 rings (SSSR count). The number of nitrogens with zero attached hydrogens (tertiary/aromatic N) is 2. The van der Waals surface area contributed by atoms with Crippen molar-refractivity contribution in [3.05, 3.63) is 10.7 Å². The van der Waals surface area contributed by atoms with Gasteiger partial charge in [0.2, 0.25) is 5.89 Å². The maximum absolute atomic E-state index is 5.30. The molecule has 1 aliphatic heterocycles. The van der Waals surface area contributed by atoms with Gasteiger partial charge in [-0.1, -0.05) is 0 Å². The first-order valence-corrected chi connectivity index (χ1v) is 4.72. The summed E-state index contributed by atoms with van der Waals surface area (Å²) in [7, 11) is 0. The summed E-state index contributed by atoms with van der Waals surface area (Å²) in [6, 6.07) is 0. The van der Waals surface area contributed by atoms with Gasteiger partial charge in [-0.3, -0.25) is 0 Å². The summed E-state index contributed by atoms with van der Waals surface area (Å²) >= 11 is 3.12. The van der Waals surface area contributed by atoms with Gasteiger partial charge >= 0.3 is 0 Å². The number of hydrogen-bond donors (Lipinski definition) is 0. The molecule has 0 spiro atoms. The number of aromatic nitrogens is 2. The van der Waals surface area contributed by atoms with Crippen LogP contribution in [0.3, 0.4) is 0 Å². The van der Waals surface area contributed by atoms with Crippen LogP contribution in [0.4, 0.5) is 0 Å². The Morgan fingerprint density at radius 1 is 1.42 bits per heavy atom. The highest BCUT2D eigenvalue weighted by Gasteiger charge is 2.21. The quantitative estimate of drug-likeness (QED) is 0.740. The van der Waals surface area contributed by atoms with E-state index >= 15 is 0 Å². The van der Waals surface area contributed by atoms with Gasteiger partial charge in [0.15, 0.2) is 0 Å². The van der Waals surface area contributed by atoms with Crippen LogP contribution in [0.1, 0.15) is 24.7 Å². The van der Waals surface area contributed by atoms with Crippen molar-refractivity contribution in [1.29, 1.82) is 0 Å². The largest absolute Gasteiger partial charge is 0.415 e. The Morgan fingerprint density at radius 3 is 2.92 bits per heavy atom. The number of ether oxygens (including phenoxy) is 1. The van der Waals surface area contributed by atoms with E-state index in [0.29, 0.717) is 17.3 Å². The summed E-state index contributed by atoms with van der Waals surface area (Å²) in [6.45, 7) is 1.56.